The molecule has 0 aliphatic carbocycles. The molecule has 0 aliphatic heterocycles. The molecule has 11 heteroatoms. The summed E-state index contributed by atoms with van der Waals surface area (Å²) < 4.78 is 10.4. The fourth-order valence-corrected chi connectivity index (χ4v) is 3.52. The zero-order chi connectivity index (χ0) is 26.2. The van der Waals surface area contributed by atoms with Gasteiger partial charge in [-0.3, -0.25) is 4.79 Å². The van der Waals surface area contributed by atoms with Crippen molar-refractivity contribution in [3.8, 4) is 11.5 Å². The Hall–Kier alpha value is -3.17. The minimum absolute atomic E-state index is 0.414. The Morgan fingerprint density at radius 2 is 1.46 bits per heavy atom. The van der Waals surface area contributed by atoms with Gasteiger partial charge in [0.1, 0.15) is 23.2 Å². The molecule has 0 amide bonds. The molecule has 0 aliphatic rings. The number of carbonyl (C=O) groups excluding carboxylic acids is 1. The molecule has 0 atom stereocenters. The SMILES string of the molecule is CC(N)=NNCCCc1c(Cl)cccc1Cl.COc1cc(CCNN=C(C)N)cc(OC)c1C=O. The van der Waals surface area contributed by atoms with Crippen LogP contribution in [0.5, 0.6) is 11.5 Å². The van der Waals surface area contributed by atoms with Crippen LogP contribution < -0.4 is 31.8 Å². The number of halogens is 2. The molecule has 0 aromatic heterocycles. The molecule has 6 N–H and O–H groups in total. The number of hydrogen-bond donors (Lipinski definition) is 4. The second-order valence-electron chi connectivity index (χ2n) is 7.41. The van der Waals surface area contributed by atoms with E-state index in [1.165, 1.54) is 14.2 Å². The van der Waals surface area contributed by atoms with E-state index in [4.69, 9.17) is 44.1 Å². The smallest absolute Gasteiger partial charge is 0.157 e. The van der Waals surface area contributed by atoms with Crippen molar-refractivity contribution in [2.45, 2.75) is 33.1 Å². The van der Waals surface area contributed by atoms with E-state index in [1.54, 1.807) is 13.8 Å². The number of nitrogens with one attached hydrogen (secondary N) is 2. The lowest BCUT2D eigenvalue weighted by Gasteiger charge is -2.11. The standard InChI is InChI=1S/C13H19N3O3.C11H15Cl2N3/c1-9(14)16-15-5-4-10-6-12(18-2)11(8-17)13(7-10)19-3;1-8(14)16-15-7-3-4-9-10(12)5-2-6-11(9)13/h6-8,15H,4-5H2,1-3H3,(H2,14,16);2,5-6,15H,3-4,7H2,1H3,(H2,14,16). The topological polar surface area (TPSA) is 136 Å². The largest absolute Gasteiger partial charge is 0.496 e. The maximum absolute atomic E-state index is 11.0. The van der Waals surface area contributed by atoms with Gasteiger partial charge in [0.05, 0.1) is 19.8 Å². The van der Waals surface area contributed by atoms with E-state index >= 15 is 0 Å². The Morgan fingerprint density at radius 3 is 1.91 bits per heavy atom. The average molecular weight is 525 g/mol. The summed E-state index contributed by atoms with van der Waals surface area (Å²) in [5.41, 5.74) is 18.9. The Kier molecular flexibility index (Phi) is 14.0. The number of ether oxygens (including phenoxy) is 2. The van der Waals surface area contributed by atoms with E-state index in [0.717, 1.165) is 36.8 Å². The highest BCUT2D eigenvalue weighted by Gasteiger charge is 2.11. The number of rotatable bonds is 12. The summed E-state index contributed by atoms with van der Waals surface area (Å²) in [7, 11) is 3.04. The maximum Gasteiger partial charge on any atom is 0.157 e. The Bertz CT molecular complexity index is 961. The third-order valence-corrected chi connectivity index (χ3v) is 5.24. The van der Waals surface area contributed by atoms with Gasteiger partial charge in [-0.05, 0) is 68.5 Å². The predicted octanol–water partition coefficient (Wildman–Crippen LogP) is 3.75. The second kappa shape index (κ2) is 16.5. The van der Waals surface area contributed by atoms with Gasteiger partial charge in [-0.15, -0.1) is 0 Å². The summed E-state index contributed by atoms with van der Waals surface area (Å²) in [6.45, 7) is 4.81. The first-order chi connectivity index (χ1) is 16.7. The third kappa shape index (κ3) is 11.2. The second-order valence-corrected chi connectivity index (χ2v) is 8.22. The van der Waals surface area contributed by atoms with Crippen LogP contribution in [-0.4, -0.2) is 45.3 Å². The van der Waals surface area contributed by atoms with Gasteiger partial charge in [-0.2, -0.15) is 10.2 Å². The van der Waals surface area contributed by atoms with Crippen molar-refractivity contribution in [3.05, 3.63) is 57.1 Å². The molecule has 0 fully saturated rings. The monoisotopic (exact) mass is 524 g/mol. The molecule has 2 aromatic carbocycles. The van der Waals surface area contributed by atoms with Crippen LogP contribution in [0.4, 0.5) is 0 Å². The first-order valence-corrected chi connectivity index (χ1v) is 11.7. The van der Waals surface area contributed by atoms with Crippen LogP contribution in [0.3, 0.4) is 0 Å². The molecule has 0 bridgehead atoms. The molecule has 0 unspecified atom stereocenters. The number of methoxy groups -OCH3 is 2. The molecule has 0 radical (unpaired) electrons. The molecule has 0 saturated heterocycles. The lowest BCUT2D eigenvalue weighted by atomic mass is 10.1. The Balaban J connectivity index is 0.000000355. The van der Waals surface area contributed by atoms with Crippen molar-refractivity contribution < 1.29 is 14.3 Å². The number of amidine groups is 2. The first-order valence-electron chi connectivity index (χ1n) is 10.9. The van der Waals surface area contributed by atoms with Gasteiger partial charge in [0.2, 0.25) is 0 Å². The fourth-order valence-electron chi connectivity index (χ4n) is 2.93. The highest BCUT2D eigenvalue weighted by Crippen LogP contribution is 2.29. The van der Waals surface area contributed by atoms with Gasteiger partial charge in [-0.1, -0.05) is 29.3 Å². The first kappa shape index (κ1) is 29.9. The van der Waals surface area contributed by atoms with Gasteiger partial charge in [0.25, 0.3) is 0 Å². The van der Waals surface area contributed by atoms with E-state index in [9.17, 15) is 4.79 Å². The molecule has 2 rings (SSSR count). The van der Waals surface area contributed by atoms with Gasteiger partial charge in [-0.25, -0.2) is 0 Å². The quantitative estimate of drug-likeness (QED) is 0.109. The summed E-state index contributed by atoms with van der Waals surface area (Å²) in [4.78, 5) is 11.0. The molecule has 192 valence electrons. The third-order valence-electron chi connectivity index (χ3n) is 4.53. The van der Waals surface area contributed by atoms with E-state index < -0.39 is 0 Å². The van der Waals surface area contributed by atoms with E-state index in [0.29, 0.717) is 51.7 Å². The van der Waals surface area contributed by atoms with Crippen LogP contribution in [0, 0.1) is 0 Å². The fraction of sp³-hybridized carbons (Fsp3) is 0.375. The average Bonchev–Trinajstić information content (AvgIpc) is 2.82. The summed E-state index contributed by atoms with van der Waals surface area (Å²) in [6.07, 6.45) is 3.16. The van der Waals surface area contributed by atoms with Gasteiger partial charge in [0, 0.05) is 23.1 Å². The highest BCUT2D eigenvalue weighted by molar-refractivity contribution is 6.35. The van der Waals surface area contributed by atoms with Crippen molar-refractivity contribution in [3.63, 3.8) is 0 Å². The molecule has 9 nitrogen and oxygen atoms in total. The number of nitrogens with zero attached hydrogens (tertiary/aromatic N) is 2. The normalized spacial score (nSPS) is 11.3. The summed E-state index contributed by atoms with van der Waals surface area (Å²) in [5.74, 6) is 2.01. The lowest BCUT2D eigenvalue weighted by molar-refractivity contribution is 0.111. The predicted molar refractivity (Wildman–Crippen MR) is 144 cm³/mol. The molecular weight excluding hydrogens is 491 g/mol. The van der Waals surface area contributed by atoms with Gasteiger partial charge < -0.3 is 31.8 Å². The van der Waals surface area contributed by atoms with Crippen LogP contribution in [0.25, 0.3) is 0 Å². The van der Waals surface area contributed by atoms with Crippen molar-refractivity contribution in [2.75, 3.05) is 27.3 Å². The highest BCUT2D eigenvalue weighted by atomic mass is 35.5. The van der Waals surface area contributed by atoms with E-state index in [2.05, 4.69) is 21.1 Å². The minimum atomic E-state index is 0.414. The number of hydrogen-bond acceptors (Lipinski definition) is 7. The van der Waals surface area contributed by atoms with Gasteiger partial charge in [0.15, 0.2) is 6.29 Å². The molecule has 35 heavy (non-hydrogen) atoms. The number of carbonyl (C=O) groups is 1. The summed E-state index contributed by atoms with van der Waals surface area (Å²) >= 11 is 12.1. The van der Waals surface area contributed by atoms with Crippen molar-refractivity contribution in [1.82, 2.24) is 10.9 Å². The number of hydrazone groups is 2. The Morgan fingerprint density at radius 1 is 0.943 bits per heavy atom. The van der Waals surface area contributed by atoms with E-state index in [-0.39, 0.29) is 0 Å². The summed E-state index contributed by atoms with van der Waals surface area (Å²) in [6, 6.07) is 9.16. The van der Waals surface area contributed by atoms with E-state index in [1.807, 2.05) is 30.3 Å². The molecular formula is C24H34Cl2N6O3. The zero-order valence-corrected chi connectivity index (χ0v) is 22.0. The maximum atomic E-state index is 11.0. The number of aldehydes is 1. The minimum Gasteiger partial charge on any atom is -0.496 e. The Labute approximate surface area is 216 Å². The number of benzene rings is 2. The van der Waals surface area contributed by atoms with Crippen LogP contribution in [-0.2, 0) is 12.8 Å². The molecule has 0 heterocycles. The van der Waals surface area contributed by atoms with Crippen molar-refractivity contribution in [1.29, 1.82) is 0 Å². The molecule has 2 aromatic rings. The van der Waals surface area contributed by atoms with Crippen LogP contribution in [0.2, 0.25) is 10.0 Å². The van der Waals surface area contributed by atoms with Crippen LogP contribution >= 0.6 is 23.2 Å². The van der Waals surface area contributed by atoms with Crippen molar-refractivity contribution >= 4 is 41.2 Å². The summed E-state index contributed by atoms with van der Waals surface area (Å²) in [5, 5.41) is 9.19. The van der Waals surface area contributed by atoms with Crippen molar-refractivity contribution in [2.24, 2.45) is 21.7 Å². The molecule has 0 spiro atoms. The van der Waals surface area contributed by atoms with Gasteiger partial charge >= 0.3 is 0 Å². The van der Waals surface area contributed by atoms with Crippen LogP contribution in [0.1, 0.15) is 41.8 Å². The lowest BCUT2D eigenvalue weighted by Crippen LogP contribution is -2.16. The number of nitrogens with two attached hydrogens (primary N) is 2. The zero-order valence-electron chi connectivity index (χ0n) is 20.5. The van der Waals surface area contributed by atoms with Crippen LogP contribution in [0.15, 0.2) is 40.5 Å². The molecule has 0 saturated carbocycles.